The van der Waals surface area contributed by atoms with E-state index in [4.69, 9.17) is 4.74 Å². The minimum Gasteiger partial charge on any atom is -0.497 e. The van der Waals surface area contributed by atoms with Gasteiger partial charge in [0.2, 0.25) is 0 Å². The third-order valence-electron chi connectivity index (χ3n) is 3.27. The van der Waals surface area contributed by atoms with Gasteiger partial charge in [-0.05, 0) is 45.3 Å². The van der Waals surface area contributed by atoms with Gasteiger partial charge in [0.15, 0.2) is 0 Å². The van der Waals surface area contributed by atoms with Crippen molar-refractivity contribution in [3.05, 3.63) is 35.7 Å². The average molecular weight is 306 g/mol. The van der Waals surface area contributed by atoms with Gasteiger partial charge in [-0.1, -0.05) is 5.21 Å². The van der Waals surface area contributed by atoms with Crippen LogP contribution in [0, 0.1) is 6.92 Å². The molecule has 0 atom stereocenters. The molecule has 1 aromatic heterocycles. The first-order valence-corrected chi connectivity index (χ1v) is 7.89. The van der Waals surface area contributed by atoms with E-state index in [1.807, 2.05) is 16.8 Å². The topological polar surface area (TPSA) is 43.2 Å². The Balaban J connectivity index is 1.93. The summed E-state index contributed by atoms with van der Waals surface area (Å²) in [5.41, 5.74) is 2.20. The minimum atomic E-state index is 0.833. The Hall–Kier alpha value is -1.53. The van der Waals surface area contributed by atoms with Gasteiger partial charge in [0.25, 0.3) is 0 Å². The maximum absolute atomic E-state index is 5.16. The summed E-state index contributed by atoms with van der Waals surface area (Å²) in [6, 6.07) is 8.08. The molecule has 0 N–H and O–H groups in total. The molecule has 0 amide bonds. The van der Waals surface area contributed by atoms with Crippen molar-refractivity contribution in [3.63, 3.8) is 0 Å². The van der Waals surface area contributed by atoms with Crippen LogP contribution in [0.4, 0.5) is 0 Å². The molecule has 0 spiro atoms. The number of hydrogen-bond donors (Lipinski definition) is 0. The van der Waals surface area contributed by atoms with E-state index < -0.39 is 0 Å². The van der Waals surface area contributed by atoms with Crippen molar-refractivity contribution in [2.24, 2.45) is 0 Å². The van der Waals surface area contributed by atoms with Crippen LogP contribution in [0.1, 0.15) is 11.4 Å². The Morgan fingerprint density at radius 1 is 1.24 bits per heavy atom. The molecule has 0 fully saturated rings. The van der Waals surface area contributed by atoms with Crippen molar-refractivity contribution in [2.75, 3.05) is 27.7 Å². The Morgan fingerprint density at radius 2 is 1.95 bits per heavy atom. The summed E-state index contributed by atoms with van der Waals surface area (Å²) in [5, 5.41) is 8.53. The molecular formula is C15H22N4OS. The Bertz CT molecular complexity index is 566. The van der Waals surface area contributed by atoms with Crippen LogP contribution in [0.5, 0.6) is 5.75 Å². The van der Waals surface area contributed by atoms with Crippen molar-refractivity contribution >= 4 is 11.8 Å². The molecule has 0 saturated heterocycles. The second kappa shape index (κ2) is 7.47. The van der Waals surface area contributed by atoms with Crippen LogP contribution >= 0.6 is 11.8 Å². The van der Waals surface area contributed by atoms with Crippen LogP contribution in [0.15, 0.2) is 29.2 Å². The number of nitrogens with zero attached hydrogens (tertiary/aromatic N) is 4. The molecule has 1 aromatic carbocycles. The zero-order chi connectivity index (χ0) is 15.2. The molecule has 0 saturated carbocycles. The first kappa shape index (κ1) is 15.9. The molecule has 0 radical (unpaired) electrons. The number of hydrogen-bond acceptors (Lipinski definition) is 5. The van der Waals surface area contributed by atoms with E-state index in [9.17, 15) is 0 Å². The standard InChI is InChI=1S/C15H22N4OS/c1-12-15(16-17-19(12)10-9-18(2)3)11-21-14-7-5-13(20-4)6-8-14/h5-8H,9-11H2,1-4H3. The summed E-state index contributed by atoms with van der Waals surface area (Å²) < 4.78 is 7.14. The van der Waals surface area contributed by atoms with Crippen molar-refractivity contribution < 1.29 is 4.74 Å². The molecule has 21 heavy (non-hydrogen) atoms. The third kappa shape index (κ3) is 4.47. The molecule has 0 aliphatic carbocycles. The van der Waals surface area contributed by atoms with Gasteiger partial charge in [0.05, 0.1) is 25.0 Å². The number of methoxy groups -OCH3 is 1. The molecule has 5 nitrogen and oxygen atoms in total. The highest BCUT2D eigenvalue weighted by Crippen LogP contribution is 2.25. The molecule has 2 aromatic rings. The van der Waals surface area contributed by atoms with E-state index in [-0.39, 0.29) is 0 Å². The Morgan fingerprint density at radius 3 is 2.57 bits per heavy atom. The van der Waals surface area contributed by atoms with Crippen LogP contribution in [-0.2, 0) is 12.3 Å². The van der Waals surface area contributed by atoms with Gasteiger partial charge < -0.3 is 9.64 Å². The van der Waals surface area contributed by atoms with Gasteiger partial charge in [0, 0.05) is 17.2 Å². The monoisotopic (exact) mass is 306 g/mol. The molecule has 6 heteroatoms. The molecule has 1 heterocycles. The lowest BCUT2D eigenvalue weighted by Gasteiger charge is -2.09. The number of benzene rings is 1. The molecule has 0 bridgehead atoms. The van der Waals surface area contributed by atoms with E-state index >= 15 is 0 Å². The van der Waals surface area contributed by atoms with E-state index in [1.54, 1.807) is 18.9 Å². The first-order chi connectivity index (χ1) is 10.1. The Labute approximate surface area is 130 Å². The predicted molar refractivity (Wildman–Crippen MR) is 85.9 cm³/mol. The SMILES string of the molecule is COc1ccc(SCc2nnn(CCN(C)C)c2C)cc1. The van der Waals surface area contributed by atoms with Gasteiger partial charge in [-0.15, -0.1) is 16.9 Å². The van der Waals surface area contributed by atoms with Gasteiger partial charge in [0.1, 0.15) is 5.75 Å². The predicted octanol–water partition coefficient (Wildman–Crippen LogP) is 2.45. The fraction of sp³-hybridized carbons (Fsp3) is 0.467. The van der Waals surface area contributed by atoms with Gasteiger partial charge >= 0.3 is 0 Å². The molecular weight excluding hydrogens is 284 g/mol. The van der Waals surface area contributed by atoms with Crippen molar-refractivity contribution in [1.29, 1.82) is 0 Å². The number of aromatic nitrogens is 3. The summed E-state index contributed by atoms with van der Waals surface area (Å²) in [6.07, 6.45) is 0. The van der Waals surface area contributed by atoms with Crippen LogP contribution in [0.2, 0.25) is 0 Å². The van der Waals surface area contributed by atoms with E-state index in [0.29, 0.717) is 0 Å². The van der Waals surface area contributed by atoms with Gasteiger partial charge in [-0.3, -0.25) is 0 Å². The summed E-state index contributed by atoms with van der Waals surface area (Å²) in [4.78, 5) is 3.35. The highest BCUT2D eigenvalue weighted by Gasteiger charge is 2.09. The van der Waals surface area contributed by atoms with Crippen molar-refractivity contribution in [1.82, 2.24) is 19.9 Å². The lowest BCUT2D eigenvalue weighted by molar-refractivity contribution is 0.368. The number of thioether (sulfide) groups is 1. The quantitative estimate of drug-likeness (QED) is 0.735. The number of ether oxygens (including phenoxy) is 1. The maximum Gasteiger partial charge on any atom is 0.118 e. The van der Waals surface area contributed by atoms with Gasteiger partial charge in [-0.25, -0.2) is 4.68 Å². The normalized spacial score (nSPS) is 11.1. The zero-order valence-corrected chi connectivity index (χ0v) is 13.9. The lowest BCUT2D eigenvalue weighted by Crippen LogP contribution is -2.19. The molecule has 0 aliphatic heterocycles. The van der Waals surface area contributed by atoms with Crippen LogP contribution in [0.25, 0.3) is 0 Å². The fourth-order valence-electron chi connectivity index (χ4n) is 1.86. The molecule has 114 valence electrons. The minimum absolute atomic E-state index is 0.833. The maximum atomic E-state index is 5.16. The molecule has 0 aliphatic rings. The lowest BCUT2D eigenvalue weighted by atomic mass is 10.3. The fourth-order valence-corrected chi connectivity index (χ4v) is 2.76. The molecule has 2 rings (SSSR count). The highest BCUT2D eigenvalue weighted by molar-refractivity contribution is 7.98. The highest BCUT2D eigenvalue weighted by atomic mass is 32.2. The van der Waals surface area contributed by atoms with Gasteiger partial charge in [-0.2, -0.15) is 0 Å². The van der Waals surface area contributed by atoms with Crippen molar-refractivity contribution in [3.8, 4) is 5.75 Å². The summed E-state index contributed by atoms with van der Waals surface area (Å²) >= 11 is 1.76. The van der Waals surface area contributed by atoms with E-state index in [1.165, 1.54) is 4.90 Å². The largest absolute Gasteiger partial charge is 0.497 e. The average Bonchev–Trinajstić information content (AvgIpc) is 2.84. The second-order valence-electron chi connectivity index (χ2n) is 5.11. The molecule has 0 unspecified atom stereocenters. The van der Waals surface area contributed by atoms with Crippen LogP contribution in [0.3, 0.4) is 0 Å². The smallest absolute Gasteiger partial charge is 0.118 e. The van der Waals surface area contributed by atoms with E-state index in [2.05, 4.69) is 48.4 Å². The van der Waals surface area contributed by atoms with Crippen LogP contribution < -0.4 is 4.74 Å². The zero-order valence-electron chi connectivity index (χ0n) is 13.0. The summed E-state index contributed by atoms with van der Waals surface area (Å²) in [7, 11) is 5.80. The Kier molecular flexibility index (Phi) is 5.64. The number of likely N-dealkylation sites (N-methyl/N-ethyl adjacent to an activating group) is 1. The third-order valence-corrected chi connectivity index (χ3v) is 4.30. The number of rotatable bonds is 7. The van der Waals surface area contributed by atoms with Crippen molar-refractivity contribution in [2.45, 2.75) is 24.1 Å². The summed E-state index contributed by atoms with van der Waals surface area (Å²) in [5.74, 6) is 1.71. The summed E-state index contributed by atoms with van der Waals surface area (Å²) in [6.45, 7) is 3.92. The van der Waals surface area contributed by atoms with E-state index in [0.717, 1.165) is 36.0 Å². The van der Waals surface area contributed by atoms with Crippen LogP contribution in [-0.4, -0.2) is 47.6 Å². The second-order valence-corrected chi connectivity index (χ2v) is 6.16. The first-order valence-electron chi connectivity index (χ1n) is 6.90.